The molecule has 0 bridgehead atoms. The SMILES string of the molecule is CCCC(N)C(=O)NCCC(=O)N1CCOCC1.Cl. The zero-order valence-corrected chi connectivity index (χ0v) is 12.2. The Morgan fingerprint density at radius 2 is 2.00 bits per heavy atom. The van der Waals surface area contributed by atoms with Crippen molar-refractivity contribution >= 4 is 24.2 Å². The van der Waals surface area contributed by atoms with Crippen LogP contribution >= 0.6 is 12.4 Å². The molecule has 1 aliphatic heterocycles. The molecule has 0 saturated carbocycles. The summed E-state index contributed by atoms with van der Waals surface area (Å²) in [5.74, 6) is -0.116. The number of rotatable bonds is 6. The molecule has 0 radical (unpaired) electrons. The van der Waals surface area contributed by atoms with E-state index in [2.05, 4.69) is 5.32 Å². The van der Waals surface area contributed by atoms with Crippen LogP contribution in [0.2, 0.25) is 0 Å². The van der Waals surface area contributed by atoms with Gasteiger partial charge in [0.25, 0.3) is 0 Å². The van der Waals surface area contributed by atoms with Crippen LogP contribution in [0, 0.1) is 0 Å². The minimum absolute atomic E-state index is 0. The minimum Gasteiger partial charge on any atom is -0.378 e. The third-order valence-corrected chi connectivity index (χ3v) is 2.94. The second kappa shape index (κ2) is 10.00. The maximum Gasteiger partial charge on any atom is 0.236 e. The summed E-state index contributed by atoms with van der Waals surface area (Å²) in [6.45, 7) is 4.81. The highest BCUT2D eigenvalue weighted by Crippen LogP contribution is 1.99. The lowest BCUT2D eigenvalue weighted by Gasteiger charge is -2.26. The number of morpholine rings is 1. The van der Waals surface area contributed by atoms with E-state index in [1.807, 2.05) is 6.92 Å². The average Bonchev–Trinajstić information content (AvgIpc) is 2.39. The largest absolute Gasteiger partial charge is 0.378 e. The van der Waals surface area contributed by atoms with E-state index in [-0.39, 0.29) is 24.2 Å². The van der Waals surface area contributed by atoms with Crippen molar-refractivity contribution in [3.05, 3.63) is 0 Å². The van der Waals surface area contributed by atoms with Crippen molar-refractivity contribution in [3.63, 3.8) is 0 Å². The summed E-state index contributed by atoms with van der Waals surface area (Å²) in [5.41, 5.74) is 5.66. The molecule has 7 heteroatoms. The molecule has 0 aromatic heterocycles. The highest BCUT2D eigenvalue weighted by Gasteiger charge is 2.17. The van der Waals surface area contributed by atoms with E-state index in [4.69, 9.17) is 10.5 Å². The van der Waals surface area contributed by atoms with Gasteiger partial charge in [0, 0.05) is 26.1 Å². The number of hydrogen-bond donors (Lipinski definition) is 2. The molecule has 1 rings (SSSR count). The normalized spacial score (nSPS) is 16.4. The molecule has 0 aromatic rings. The number of amides is 2. The first-order valence-electron chi connectivity index (χ1n) is 6.54. The van der Waals surface area contributed by atoms with Gasteiger partial charge in [0.2, 0.25) is 11.8 Å². The van der Waals surface area contributed by atoms with Gasteiger partial charge in [0.1, 0.15) is 0 Å². The number of nitrogens with zero attached hydrogens (tertiary/aromatic N) is 1. The molecule has 0 aliphatic carbocycles. The van der Waals surface area contributed by atoms with E-state index in [0.29, 0.717) is 45.7 Å². The van der Waals surface area contributed by atoms with Gasteiger partial charge in [-0.1, -0.05) is 13.3 Å². The predicted molar refractivity (Wildman–Crippen MR) is 75.2 cm³/mol. The highest BCUT2D eigenvalue weighted by atomic mass is 35.5. The van der Waals surface area contributed by atoms with Crippen LogP contribution < -0.4 is 11.1 Å². The second-order valence-corrected chi connectivity index (χ2v) is 4.43. The van der Waals surface area contributed by atoms with Crippen LogP contribution in [-0.4, -0.2) is 55.6 Å². The highest BCUT2D eigenvalue weighted by molar-refractivity contribution is 5.85. The third kappa shape index (κ3) is 6.75. The van der Waals surface area contributed by atoms with Crippen LogP contribution in [0.15, 0.2) is 0 Å². The quantitative estimate of drug-likeness (QED) is 0.716. The van der Waals surface area contributed by atoms with Crippen LogP contribution in [0.5, 0.6) is 0 Å². The van der Waals surface area contributed by atoms with Gasteiger partial charge in [-0.25, -0.2) is 0 Å². The molecule has 1 aliphatic rings. The number of carbonyl (C=O) groups is 2. The van der Waals surface area contributed by atoms with Gasteiger partial charge >= 0.3 is 0 Å². The summed E-state index contributed by atoms with van der Waals surface area (Å²) in [4.78, 5) is 25.0. The van der Waals surface area contributed by atoms with Gasteiger partial charge in [-0.3, -0.25) is 9.59 Å². The maximum absolute atomic E-state index is 11.8. The number of ether oxygens (including phenoxy) is 1. The number of nitrogens with two attached hydrogens (primary N) is 1. The molecule has 1 unspecified atom stereocenters. The molecular weight excluding hydrogens is 270 g/mol. The molecule has 2 amide bonds. The number of hydrogen-bond acceptors (Lipinski definition) is 4. The predicted octanol–water partition coefficient (Wildman–Crippen LogP) is -0.0993. The Morgan fingerprint density at radius 3 is 2.58 bits per heavy atom. The van der Waals surface area contributed by atoms with Crippen molar-refractivity contribution in [1.82, 2.24) is 10.2 Å². The zero-order chi connectivity index (χ0) is 13.4. The average molecular weight is 294 g/mol. The monoisotopic (exact) mass is 293 g/mol. The fraction of sp³-hybridized carbons (Fsp3) is 0.833. The van der Waals surface area contributed by atoms with Crippen molar-refractivity contribution in [2.24, 2.45) is 5.73 Å². The van der Waals surface area contributed by atoms with E-state index in [0.717, 1.165) is 6.42 Å². The lowest BCUT2D eigenvalue weighted by molar-refractivity contribution is -0.135. The molecule has 112 valence electrons. The van der Waals surface area contributed by atoms with E-state index in [9.17, 15) is 9.59 Å². The van der Waals surface area contributed by atoms with Gasteiger partial charge in [0.15, 0.2) is 0 Å². The zero-order valence-electron chi connectivity index (χ0n) is 11.4. The third-order valence-electron chi connectivity index (χ3n) is 2.94. The van der Waals surface area contributed by atoms with Gasteiger partial charge in [0.05, 0.1) is 19.3 Å². The van der Waals surface area contributed by atoms with Crippen LogP contribution in [0.1, 0.15) is 26.2 Å². The summed E-state index contributed by atoms with van der Waals surface area (Å²) < 4.78 is 5.17. The fourth-order valence-corrected chi connectivity index (χ4v) is 1.84. The Morgan fingerprint density at radius 1 is 1.37 bits per heavy atom. The smallest absolute Gasteiger partial charge is 0.236 e. The molecular formula is C12H24ClN3O3. The Labute approximate surface area is 120 Å². The topological polar surface area (TPSA) is 84.7 Å². The first-order chi connectivity index (χ1) is 8.65. The van der Waals surface area contributed by atoms with Gasteiger partial charge in [-0.05, 0) is 6.42 Å². The summed E-state index contributed by atoms with van der Waals surface area (Å²) in [6.07, 6.45) is 1.87. The molecule has 1 fully saturated rings. The molecule has 19 heavy (non-hydrogen) atoms. The summed E-state index contributed by atoms with van der Waals surface area (Å²) in [7, 11) is 0. The van der Waals surface area contributed by atoms with E-state index in [1.165, 1.54) is 0 Å². The van der Waals surface area contributed by atoms with Crippen LogP contribution in [-0.2, 0) is 14.3 Å². The molecule has 0 aromatic carbocycles. The summed E-state index contributed by atoms with van der Waals surface area (Å²) in [5, 5.41) is 2.69. The van der Waals surface area contributed by atoms with Crippen molar-refractivity contribution in [3.8, 4) is 0 Å². The molecule has 1 atom stereocenters. The molecule has 6 nitrogen and oxygen atoms in total. The maximum atomic E-state index is 11.8. The minimum atomic E-state index is -0.464. The van der Waals surface area contributed by atoms with Crippen LogP contribution in [0.4, 0.5) is 0 Å². The first kappa shape index (κ1) is 18.1. The van der Waals surface area contributed by atoms with Gasteiger partial charge < -0.3 is 20.7 Å². The van der Waals surface area contributed by atoms with Crippen LogP contribution in [0.25, 0.3) is 0 Å². The molecule has 1 saturated heterocycles. The summed E-state index contributed by atoms with van der Waals surface area (Å²) in [6, 6.07) is -0.464. The Bertz CT molecular complexity index is 283. The lowest BCUT2D eigenvalue weighted by atomic mass is 10.1. The number of nitrogens with one attached hydrogen (secondary N) is 1. The summed E-state index contributed by atoms with van der Waals surface area (Å²) >= 11 is 0. The fourth-order valence-electron chi connectivity index (χ4n) is 1.84. The van der Waals surface area contributed by atoms with Gasteiger partial charge in [-0.2, -0.15) is 0 Å². The standard InChI is InChI=1S/C12H23N3O3.ClH/c1-2-3-10(13)12(17)14-5-4-11(16)15-6-8-18-9-7-15;/h10H,2-9,13H2,1H3,(H,14,17);1H. The van der Waals surface area contributed by atoms with Crippen molar-refractivity contribution in [2.45, 2.75) is 32.2 Å². The Hall–Kier alpha value is -0.850. The Kier molecular flexibility index (Phi) is 9.55. The van der Waals surface area contributed by atoms with E-state index >= 15 is 0 Å². The van der Waals surface area contributed by atoms with Crippen LogP contribution in [0.3, 0.4) is 0 Å². The lowest BCUT2D eigenvalue weighted by Crippen LogP contribution is -2.44. The Balaban J connectivity index is 0.00000324. The van der Waals surface area contributed by atoms with E-state index < -0.39 is 6.04 Å². The first-order valence-corrected chi connectivity index (χ1v) is 6.54. The van der Waals surface area contributed by atoms with Gasteiger partial charge in [-0.15, -0.1) is 12.4 Å². The molecule has 0 spiro atoms. The van der Waals surface area contributed by atoms with Crippen molar-refractivity contribution in [2.75, 3.05) is 32.8 Å². The number of halogens is 1. The molecule has 3 N–H and O–H groups in total. The van der Waals surface area contributed by atoms with Crippen molar-refractivity contribution < 1.29 is 14.3 Å². The van der Waals surface area contributed by atoms with Crippen molar-refractivity contribution in [1.29, 1.82) is 0 Å². The number of carbonyl (C=O) groups excluding carboxylic acids is 2. The van der Waals surface area contributed by atoms with E-state index in [1.54, 1.807) is 4.90 Å². The molecule has 1 heterocycles. The second-order valence-electron chi connectivity index (χ2n) is 4.43.